The van der Waals surface area contributed by atoms with Gasteiger partial charge in [-0.25, -0.2) is 0 Å². The summed E-state index contributed by atoms with van der Waals surface area (Å²) in [5.41, 5.74) is 1.45. The van der Waals surface area contributed by atoms with Gasteiger partial charge in [0.15, 0.2) is 0 Å². The van der Waals surface area contributed by atoms with Crippen molar-refractivity contribution in [3.05, 3.63) is 35.9 Å². The number of rotatable bonds is 4. The minimum absolute atomic E-state index is 0.724. The quantitative estimate of drug-likeness (QED) is 0.843. The zero-order chi connectivity index (χ0) is 13.6. The Morgan fingerprint density at radius 2 is 1.65 bits per heavy atom. The van der Waals surface area contributed by atoms with Gasteiger partial charge in [0.1, 0.15) is 0 Å². The Kier molecular flexibility index (Phi) is 5.10. The Labute approximate surface area is 123 Å². The Bertz CT molecular complexity index is 382. The van der Waals surface area contributed by atoms with Crippen molar-refractivity contribution in [3.63, 3.8) is 0 Å². The highest BCUT2D eigenvalue weighted by Crippen LogP contribution is 2.20. The first kappa shape index (κ1) is 14.1. The van der Waals surface area contributed by atoms with Crippen molar-refractivity contribution in [1.29, 1.82) is 0 Å². The fourth-order valence-electron chi connectivity index (χ4n) is 3.73. The maximum Gasteiger partial charge on any atom is 0.0234 e. The molecule has 1 aromatic carbocycles. The molecule has 3 rings (SSSR count). The van der Waals surface area contributed by atoms with Gasteiger partial charge in [0.2, 0.25) is 0 Å². The summed E-state index contributed by atoms with van der Waals surface area (Å²) in [6.45, 7) is 3.59. The number of nitrogens with one attached hydrogen (secondary N) is 1. The lowest BCUT2D eigenvalue weighted by Crippen LogP contribution is -2.39. The molecule has 0 spiro atoms. The monoisotopic (exact) mass is 272 g/mol. The maximum absolute atomic E-state index is 3.93. The van der Waals surface area contributed by atoms with Crippen LogP contribution in [0.2, 0.25) is 0 Å². The molecular weight excluding hydrogens is 244 g/mol. The van der Waals surface area contributed by atoms with Gasteiger partial charge in [-0.2, -0.15) is 0 Å². The summed E-state index contributed by atoms with van der Waals surface area (Å²) < 4.78 is 0. The van der Waals surface area contributed by atoms with Crippen LogP contribution in [0.5, 0.6) is 0 Å². The number of benzene rings is 1. The third-order valence-corrected chi connectivity index (χ3v) is 4.85. The molecule has 0 radical (unpaired) electrons. The van der Waals surface area contributed by atoms with Crippen LogP contribution >= 0.6 is 0 Å². The molecule has 2 heteroatoms. The van der Waals surface area contributed by atoms with Crippen molar-refractivity contribution in [2.75, 3.05) is 13.1 Å². The summed E-state index contributed by atoms with van der Waals surface area (Å²) in [6, 6.07) is 12.4. The van der Waals surface area contributed by atoms with Gasteiger partial charge < -0.3 is 5.32 Å². The van der Waals surface area contributed by atoms with E-state index in [2.05, 4.69) is 40.5 Å². The van der Waals surface area contributed by atoms with Crippen molar-refractivity contribution < 1.29 is 0 Å². The van der Waals surface area contributed by atoms with Crippen LogP contribution in [0.15, 0.2) is 30.3 Å². The lowest BCUT2D eigenvalue weighted by atomic mass is 10.1. The lowest BCUT2D eigenvalue weighted by Gasteiger charge is -2.22. The third kappa shape index (κ3) is 4.07. The summed E-state index contributed by atoms with van der Waals surface area (Å²) in [6.07, 6.45) is 9.87. The normalized spacial score (nSPS) is 25.7. The van der Waals surface area contributed by atoms with Crippen molar-refractivity contribution >= 4 is 0 Å². The first-order valence-electron chi connectivity index (χ1n) is 8.42. The summed E-state index contributed by atoms with van der Waals surface area (Å²) in [5, 5.41) is 3.93. The van der Waals surface area contributed by atoms with Gasteiger partial charge in [-0.1, -0.05) is 56.0 Å². The van der Waals surface area contributed by atoms with Crippen LogP contribution in [0, 0.1) is 0 Å². The van der Waals surface area contributed by atoms with Crippen LogP contribution in [0.4, 0.5) is 0 Å². The van der Waals surface area contributed by atoms with E-state index in [4.69, 9.17) is 0 Å². The molecule has 1 saturated heterocycles. The van der Waals surface area contributed by atoms with Gasteiger partial charge in [0.25, 0.3) is 0 Å². The summed E-state index contributed by atoms with van der Waals surface area (Å²) >= 11 is 0. The van der Waals surface area contributed by atoms with Gasteiger partial charge in [0, 0.05) is 31.7 Å². The fraction of sp³-hybridized carbons (Fsp3) is 0.667. The Balaban J connectivity index is 1.44. The molecule has 110 valence electrons. The van der Waals surface area contributed by atoms with E-state index >= 15 is 0 Å². The van der Waals surface area contributed by atoms with E-state index in [-0.39, 0.29) is 0 Å². The van der Waals surface area contributed by atoms with Gasteiger partial charge in [-0.05, 0) is 24.8 Å². The molecule has 20 heavy (non-hydrogen) atoms. The summed E-state index contributed by atoms with van der Waals surface area (Å²) in [5.74, 6) is 0. The molecule has 1 heterocycles. The van der Waals surface area contributed by atoms with Crippen molar-refractivity contribution in [2.45, 2.75) is 63.6 Å². The largest absolute Gasteiger partial charge is 0.310 e. The van der Waals surface area contributed by atoms with Gasteiger partial charge in [-0.3, -0.25) is 4.90 Å². The lowest BCUT2D eigenvalue weighted by molar-refractivity contribution is 0.310. The summed E-state index contributed by atoms with van der Waals surface area (Å²) in [7, 11) is 0. The molecule has 0 bridgehead atoms. The standard InChI is InChI=1S/C18H28N2/c1-2-7-11-17(10-6-1)19-18-12-13-20(15-18)14-16-8-4-3-5-9-16/h3-5,8-9,17-19H,1-2,6-7,10-15H2. The molecule has 1 saturated carbocycles. The third-order valence-electron chi connectivity index (χ3n) is 4.85. The zero-order valence-corrected chi connectivity index (χ0v) is 12.6. The molecule has 0 amide bonds. The van der Waals surface area contributed by atoms with E-state index in [1.54, 1.807) is 0 Å². The van der Waals surface area contributed by atoms with Crippen LogP contribution in [0.3, 0.4) is 0 Å². The molecule has 1 aromatic rings. The first-order valence-corrected chi connectivity index (χ1v) is 8.42. The average Bonchev–Trinajstić information content (AvgIpc) is 2.74. The van der Waals surface area contributed by atoms with Crippen molar-refractivity contribution in [1.82, 2.24) is 10.2 Å². The highest BCUT2D eigenvalue weighted by molar-refractivity contribution is 5.14. The maximum atomic E-state index is 3.93. The predicted octanol–water partition coefficient (Wildman–Crippen LogP) is 3.57. The highest BCUT2D eigenvalue weighted by Gasteiger charge is 2.24. The van der Waals surface area contributed by atoms with E-state index < -0.39 is 0 Å². The molecule has 2 fully saturated rings. The van der Waals surface area contributed by atoms with Gasteiger partial charge in [-0.15, -0.1) is 0 Å². The average molecular weight is 272 g/mol. The van der Waals surface area contributed by atoms with E-state index in [0.717, 1.165) is 18.6 Å². The summed E-state index contributed by atoms with van der Waals surface area (Å²) in [4.78, 5) is 2.60. The van der Waals surface area contributed by atoms with Crippen molar-refractivity contribution in [3.8, 4) is 0 Å². The van der Waals surface area contributed by atoms with Gasteiger partial charge in [0.05, 0.1) is 0 Å². The zero-order valence-electron chi connectivity index (χ0n) is 12.6. The van der Waals surface area contributed by atoms with Crippen molar-refractivity contribution in [2.24, 2.45) is 0 Å². The van der Waals surface area contributed by atoms with Gasteiger partial charge >= 0.3 is 0 Å². The number of nitrogens with zero attached hydrogens (tertiary/aromatic N) is 1. The fourth-order valence-corrected chi connectivity index (χ4v) is 3.73. The SMILES string of the molecule is c1ccc(CN2CCC(NC3CCCCCC3)C2)cc1. The Morgan fingerprint density at radius 1 is 0.900 bits per heavy atom. The molecule has 1 atom stereocenters. The second-order valence-electron chi connectivity index (χ2n) is 6.56. The first-order chi connectivity index (χ1) is 9.90. The number of likely N-dealkylation sites (tertiary alicyclic amines) is 1. The van der Waals surface area contributed by atoms with Crippen LogP contribution in [0.1, 0.15) is 50.5 Å². The molecule has 1 aliphatic carbocycles. The number of hydrogen-bond donors (Lipinski definition) is 1. The Morgan fingerprint density at radius 3 is 2.40 bits per heavy atom. The molecule has 1 unspecified atom stereocenters. The molecule has 1 aliphatic heterocycles. The van der Waals surface area contributed by atoms with Crippen LogP contribution in [0.25, 0.3) is 0 Å². The smallest absolute Gasteiger partial charge is 0.0234 e. The number of hydrogen-bond acceptors (Lipinski definition) is 2. The highest BCUT2D eigenvalue weighted by atomic mass is 15.2. The van der Waals surface area contributed by atoms with Crippen LogP contribution < -0.4 is 5.32 Å². The Hall–Kier alpha value is -0.860. The molecule has 0 aromatic heterocycles. The molecule has 1 N–H and O–H groups in total. The van der Waals surface area contributed by atoms with E-state index in [1.807, 2.05) is 0 Å². The second-order valence-corrected chi connectivity index (χ2v) is 6.56. The van der Waals surface area contributed by atoms with E-state index in [9.17, 15) is 0 Å². The second kappa shape index (κ2) is 7.24. The van der Waals surface area contributed by atoms with Crippen LogP contribution in [-0.4, -0.2) is 30.1 Å². The topological polar surface area (TPSA) is 15.3 Å². The minimum Gasteiger partial charge on any atom is -0.310 e. The van der Waals surface area contributed by atoms with E-state index in [0.29, 0.717) is 0 Å². The molecular formula is C18H28N2. The van der Waals surface area contributed by atoms with E-state index in [1.165, 1.54) is 63.6 Å². The molecule has 2 nitrogen and oxygen atoms in total. The molecule has 2 aliphatic rings. The minimum atomic E-state index is 0.724. The predicted molar refractivity (Wildman–Crippen MR) is 84.7 cm³/mol. The van der Waals surface area contributed by atoms with Crippen LogP contribution in [-0.2, 0) is 6.54 Å².